The number of ketones is 1. The molecule has 1 rings (SSSR count). The summed E-state index contributed by atoms with van der Waals surface area (Å²) in [5.41, 5.74) is 5.69. The van der Waals surface area contributed by atoms with E-state index in [2.05, 4.69) is 32.9 Å². The Kier molecular flexibility index (Phi) is 7.80. The van der Waals surface area contributed by atoms with E-state index in [1.54, 1.807) is 6.92 Å². The van der Waals surface area contributed by atoms with Crippen LogP contribution in [-0.4, -0.2) is 12.4 Å². The Morgan fingerprint density at radius 3 is 2.39 bits per heavy atom. The zero-order valence-corrected chi connectivity index (χ0v) is 15.5. The van der Waals surface area contributed by atoms with Gasteiger partial charge in [-0.05, 0) is 78.5 Å². The Morgan fingerprint density at radius 2 is 1.83 bits per heavy atom. The molecule has 23 heavy (non-hydrogen) atoms. The molecule has 0 radical (unpaired) electrons. The van der Waals surface area contributed by atoms with Crippen LogP contribution < -0.4 is 4.74 Å². The van der Waals surface area contributed by atoms with Gasteiger partial charge in [0.05, 0.1) is 6.61 Å². The zero-order valence-electron chi connectivity index (χ0n) is 15.5. The third-order valence-corrected chi connectivity index (χ3v) is 3.98. The molecule has 2 nitrogen and oxygen atoms in total. The Morgan fingerprint density at radius 1 is 1.13 bits per heavy atom. The fourth-order valence-electron chi connectivity index (χ4n) is 2.62. The third kappa shape index (κ3) is 6.05. The second kappa shape index (κ2) is 9.34. The molecule has 1 aromatic rings. The standard InChI is InChI=1S/C21H30O2/c1-7-23-21-14-13-19(18(6)22)17(5)20(21)12-11-16(4)10-8-9-15(2)3/h9,11,13-14H,7-8,10,12H2,1-6H3/b16-11+. The predicted molar refractivity (Wildman–Crippen MR) is 98.5 cm³/mol. The highest BCUT2D eigenvalue weighted by Gasteiger charge is 2.12. The van der Waals surface area contributed by atoms with Gasteiger partial charge in [-0.15, -0.1) is 0 Å². The average Bonchev–Trinajstić information content (AvgIpc) is 2.46. The molecule has 126 valence electrons. The van der Waals surface area contributed by atoms with Gasteiger partial charge in [0.1, 0.15) is 5.75 Å². The van der Waals surface area contributed by atoms with E-state index in [4.69, 9.17) is 4.74 Å². The molecule has 0 saturated heterocycles. The monoisotopic (exact) mass is 314 g/mol. The fourth-order valence-corrected chi connectivity index (χ4v) is 2.62. The van der Waals surface area contributed by atoms with E-state index in [1.165, 1.54) is 11.1 Å². The second-order valence-corrected chi connectivity index (χ2v) is 6.28. The number of Topliss-reactive ketones (excluding diaryl/α,β-unsaturated/α-hetero) is 1. The van der Waals surface area contributed by atoms with Crippen LogP contribution in [0.5, 0.6) is 5.75 Å². The van der Waals surface area contributed by atoms with Crippen LogP contribution in [0.3, 0.4) is 0 Å². The van der Waals surface area contributed by atoms with Gasteiger partial charge in [-0.25, -0.2) is 0 Å². The van der Waals surface area contributed by atoms with E-state index in [0.29, 0.717) is 6.61 Å². The molecule has 2 heteroatoms. The molecule has 0 bridgehead atoms. The molecular weight excluding hydrogens is 284 g/mol. The molecule has 0 N–H and O–H groups in total. The molecule has 0 aliphatic rings. The molecular formula is C21H30O2. The van der Waals surface area contributed by atoms with E-state index in [-0.39, 0.29) is 5.78 Å². The number of rotatable bonds is 8. The zero-order chi connectivity index (χ0) is 17.4. The fraction of sp³-hybridized carbons (Fsp3) is 0.476. The van der Waals surface area contributed by atoms with E-state index in [1.807, 2.05) is 26.0 Å². The summed E-state index contributed by atoms with van der Waals surface area (Å²) in [6.45, 7) is 12.7. The van der Waals surface area contributed by atoms with E-state index in [0.717, 1.165) is 41.7 Å². The van der Waals surface area contributed by atoms with Crippen molar-refractivity contribution in [3.8, 4) is 5.75 Å². The highest BCUT2D eigenvalue weighted by atomic mass is 16.5. The summed E-state index contributed by atoms with van der Waals surface area (Å²) < 4.78 is 5.75. The first-order valence-electron chi connectivity index (χ1n) is 8.42. The highest BCUT2D eigenvalue weighted by Crippen LogP contribution is 2.27. The van der Waals surface area contributed by atoms with Crippen LogP contribution in [0.2, 0.25) is 0 Å². The van der Waals surface area contributed by atoms with Crippen molar-refractivity contribution in [2.45, 2.75) is 60.8 Å². The minimum atomic E-state index is 0.107. The van der Waals surface area contributed by atoms with Crippen LogP contribution in [0, 0.1) is 6.92 Å². The molecule has 0 amide bonds. The number of carbonyl (C=O) groups is 1. The first-order valence-corrected chi connectivity index (χ1v) is 8.42. The minimum absolute atomic E-state index is 0.107. The lowest BCUT2D eigenvalue weighted by Gasteiger charge is -2.14. The summed E-state index contributed by atoms with van der Waals surface area (Å²) in [5, 5.41) is 0. The highest BCUT2D eigenvalue weighted by molar-refractivity contribution is 5.96. The largest absolute Gasteiger partial charge is 0.494 e. The van der Waals surface area contributed by atoms with E-state index < -0.39 is 0 Å². The lowest BCUT2D eigenvalue weighted by atomic mass is 9.95. The van der Waals surface area contributed by atoms with Gasteiger partial charge in [0.15, 0.2) is 5.78 Å². The van der Waals surface area contributed by atoms with Crippen LogP contribution in [0.4, 0.5) is 0 Å². The first kappa shape index (κ1) is 19.2. The molecule has 0 aliphatic carbocycles. The molecule has 0 aliphatic heterocycles. The lowest BCUT2D eigenvalue weighted by molar-refractivity contribution is 0.101. The molecule has 0 unspecified atom stereocenters. The van der Waals surface area contributed by atoms with E-state index >= 15 is 0 Å². The van der Waals surface area contributed by atoms with Crippen LogP contribution >= 0.6 is 0 Å². The van der Waals surface area contributed by atoms with Gasteiger partial charge in [-0.2, -0.15) is 0 Å². The van der Waals surface area contributed by atoms with Gasteiger partial charge in [-0.3, -0.25) is 4.79 Å². The van der Waals surface area contributed by atoms with Crippen molar-refractivity contribution < 1.29 is 9.53 Å². The van der Waals surface area contributed by atoms with E-state index in [9.17, 15) is 4.79 Å². The van der Waals surface area contributed by atoms with Gasteiger partial charge in [0.2, 0.25) is 0 Å². The van der Waals surface area contributed by atoms with Gasteiger partial charge in [0, 0.05) is 11.1 Å². The molecule has 0 atom stereocenters. The number of allylic oxidation sites excluding steroid dienone is 4. The normalized spacial score (nSPS) is 11.3. The molecule has 1 aromatic carbocycles. The Hall–Kier alpha value is -1.83. The first-order chi connectivity index (χ1) is 10.9. The van der Waals surface area contributed by atoms with Gasteiger partial charge >= 0.3 is 0 Å². The number of carbonyl (C=O) groups excluding carboxylic acids is 1. The summed E-state index contributed by atoms with van der Waals surface area (Å²) >= 11 is 0. The summed E-state index contributed by atoms with van der Waals surface area (Å²) in [6, 6.07) is 3.80. The maximum atomic E-state index is 11.8. The Balaban J connectivity index is 2.98. The van der Waals surface area contributed by atoms with Crippen molar-refractivity contribution in [1.82, 2.24) is 0 Å². The van der Waals surface area contributed by atoms with Crippen molar-refractivity contribution in [3.63, 3.8) is 0 Å². The number of hydrogen-bond donors (Lipinski definition) is 0. The van der Waals surface area contributed by atoms with Crippen LogP contribution in [0.1, 0.15) is 68.9 Å². The molecule has 0 fully saturated rings. The molecule has 0 aromatic heterocycles. The summed E-state index contributed by atoms with van der Waals surface area (Å²) in [4.78, 5) is 11.8. The number of hydrogen-bond acceptors (Lipinski definition) is 2. The maximum absolute atomic E-state index is 11.8. The van der Waals surface area contributed by atoms with Crippen LogP contribution in [0.15, 0.2) is 35.4 Å². The number of ether oxygens (including phenoxy) is 1. The van der Waals surface area contributed by atoms with Crippen molar-refractivity contribution in [2.75, 3.05) is 6.61 Å². The second-order valence-electron chi connectivity index (χ2n) is 6.28. The quantitative estimate of drug-likeness (QED) is 0.445. The van der Waals surface area contributed by atoms with Gasteiger partial charge < -0.3 is 4.74 Å². The van der Waals surface area contributed by atoms with Crippen LogP contribution in [0.25, 0.3) is 0 Å². The summed E-state index contributed by atoms with van der Waals surface area (Å²) in [7, 11) is 0. The van der Waals surface area contributed by atoms with Gasteiger partial charge in [-0.1, -0.05) is 23.3 Å². The van der Waals surface area contributed by atoms with Crippen LogP contribution in [-0.2, 0) is 6.42 Å². The molecule has 0 heterocycles. The van der Waals surface area contributed by atoms with Crippen molar-refractivity contribution in [3.05, 3.63) is 52.1 Å². The lowest BCUT2D eigenvalue weighted by Crippen LogP contribution is -2.04. The van der Waals surface area contributed by atoms with Crippen molar-refractivity contribution >= 4 is 5.78 Å². The van der Waals surface area contributed by atoms with Crippen molar-refractivity contribution in [2.24, 2.45) is 0 Å². The summed E-state index contributed by atoms with van der Waals surface area (Å²) in [6.07, 6.45) is 7.48. The average molecular weight is 314 g/mol. The molecule has 0 spiro atoms. The predicted octanol–water partition coefficient (Wildman–Crippen LogP) is 5.83. The SMILES string of the molecule is CCOc1ccc(C(C)=O)c(C)c1C/C=C(\C)CCC=C(C)C. The smallest absolute Gasteiger partial charge is 0.160 e. The minimum Gasteiger partial charge on any atom is -0.494 e. The van der Waals surface area contributed by atoms with Crippen molar-refractivity contribution in [1.29, 1.82) is 0 Å². The third-order valence-electron chi connectivity index (χ3n) is 3.98. The molecule has 0 saturated carbocycles. The van der Waals surface area contributed by atoms with Gasteiger partial charge in [0.25, 0.3) is 0 Å². The summed E-state index contributed by atoms with van der Waals surface area (Å²) in [5.74, 6) is 0.999. The maximum Gasteiger partial charge on any atom is 0.160 e. The Labute approximate surface area is 141 Å². The topological polar surface area (TPSA) is 26.3 Å². The number of benzene rings is 1. The Bertz CT molecular complexity index is 603.